The summed E-state index contributed by atoms with van der Waals surface area (Å²) in [6, 6.07) is 22.7. The fourth-order valence-corrected chi connectivity index (χ4v) is 2.45. The van der Waals surface area contributed by atoms with Gasteiger partial charge in [-0.1, -0.05) is 73.8 Å². The second kappa shape index (κ2) is 7.45. The van der Waals surface area contributed by atoms with E-state index in [9.17, 15) is 4.79 Å². The van der Waals surface area contributed by atoms with Gasteiger partial charge in [0.15, 0.2) is 0 Å². The molecule has 0 N–H and O–H groups in total. The Morgan fingerprint density at radius 3 is 1.60 bits per heavy atom. The van der Waals surface area contributed by atoms with Gasteiger partial charge < -0.3 is 4.74 Å². The van der Waals surface area contributed by atoms with Crippen molar-refractivity contribution < 1.29 is 9.53 Å². The SMILES string of the molecule is C=Cc1ccc(OC(=O)c2ccc(-c3ccc(C=C)cc3)cc2)cc1. The van der Waals surface area contributed by atoms with Gasteiger partial charge >= 0.3 is 5.97 Å². The van der Waals surface area contributed by atoms with Crippen LogP contribution in [0.25, 0.3) is 23.3 Å². The fraction of sp³-hybridized carbons (Fsp3) is 0. The predicted octanol–water partition coefficient (Wildman–Crippen LogP) is 5.86. The summed E-state index contributed by atoms with van der Waals surface area (Å²) in [6.07, 6.45) is 3.55. The number of hydrogen-bond acceptors (Lipinski definition) is 2. The highest BCUT2D eigenvalue weighted by Crippen LogP contribution is 2.21. The van der Waals surface area contributed by atoms with Gasteiger partial charge in [-0.2, -0.15) is 0 Å². The maximum absolute atomic E-state index is 12.2. The molecule has 0 fully saturated rings. The first-order valence-electron chi connectivity index (χ1n) is 7.97. The van der Waals surface area contributed by atoms with Crippen LogP contribution in [0.2, 0.25) is 0 Å². The lowest BCUT2D eigenvalue weighted by molar-refractivity contribution is 0.0735. The first-order valence-corrected chi connectivity index (χ1v) is 7.97. The summed E-state index contributed by atoms with van der Waals surface area (Å²) in [6.45, 7) is 7.45. The Labute approximate surface area is 147 Å². The topological polar surface area (TPSA) is 26.3 Å². The monoisotopic (exact) mass is 326 g/mol. The first kappa shape index (κ1) is 16.5. The Bertz CT molecular complexity index is 886. The maximum atomic E-state index is 12.2. The molecule has 2 nitrogen and oxygen atoms in total. The minimum Gasteiger partial charge on any atom is -0.423 e. The van der Waals surface area contributed by atoms with Crippen LogP contribution in [-0.4, -0.2) is 5.97 Å². The number of hydrogen-bond donors (Lipinski definition) is 0. The van der Waals surface area contributed by atoms with Crippen molar-refractivity contribution in [2.75, 3.05) is 0 Å². The standard InChI is InChI=1S/C23H18O2/c1-3-17-5-9-19(10-6-17)20-11-13-21(14-12-20)23(24)25-22-15-7-18(4-2)8-16-22/h3-16H,1-2H2. The number of ether oxygens (including phenoxy) is 1. The molecule has 0 aromatic heterocycles. The Hall–Kier alpha value is -3.39. The van der Waals surface area contributed by atoms with E-state index in [1.165, 1.54) is 0 Å². The molecule has 0 saturated heterocycles. The maximum Gasteiger partial charge on any atom is 0.343 e. The highest BCUT2D eigenvalue weighted by atomic mass is 16.5. The molecule has 0 unspecified atom stereocenters. The summed E-state index contributed by atoms with van der Waals surface area (Å²) in [5.41, 5.74) is 4.70. The average Bonchev–Trinajstić information content (AvgIpc) is 2.69. The second-order valence-corrected chi connectivity index (χ2v) is 5.57. The van der Waals surface area contributed by atoms with E-state index < -0.39 is 0 Å². The highest BCUT2D eigenvalue weighted by Gasteiger charge is 2.09. The van der Waals surface area contributed by atoms with Crippen molar-refractivity contribution in [3.05, 3.63) is 103 Å². The van der Waals surface area contributed by atoms with Gasteiger partial charge in [-0.15, -0.1) is 0 Å². The van der Waals surface area contributed by atoms with Crippen LogP contribution in [0.5, 0.6) is 5.75 Å². The molecule has 2 heteroatoms. The molecule has 0 saturated carbocycles. The van der Waals surface area contributed by atoms with Crippen LogP contribution in [-0.2, 0) is 0 Å². The third-order valence-electron chi connectivity index (χ3n) is 3.93. The Morgan fingerprint density at radius 1 is 0.680 bits per heavy atom. The molecule has 0 aliphatic heterocycles. The van der Waals surface area contributed by atoms with Crippen molar-refractivity contribution in [1.82, 2.24) is 0 Å². The van der Waals surface area contributed by atoms with Crippen LogP contribution >= 0.6 is 0 Å². The third kappa shape index (κ3) is 3.93. The Morgan fingerprint density at radius 2 is 1.12 bits per heavy atom. The van der Waals surface area contributed by atoms with E-state index in [1.807, 2.05) is 54.6 Å². The van der Waals surface area contributed by atoms with Gasteiger partial charge in [0.2, 0.25) is 0 Å². The molecule has 3 aromatic rings. The van der Waals surface area contributed by atoms with E-state index in [-0.39, 0.29) is 5.97 Å². The van der Waals surface area contributed by atoms with E-state index in [0.29, 0.717) is 11.3 Å². The van der Waals surface area contributed by atoms with Crippen LogP contribution in [0.3, 0.4) is 0 Å². The zero-order valence-corrected chi connectivity index (χ0v) is 13.8. The summed E-state index contributed by atoms with van der Waals surface area (Å²) < 4.78 is 5.39. The van der Waals surface area contributed by atoms with Gasteiger partial charge in [-0.3, -0.25) is 0 Å². The van der Waals surface area contributed by atoms with Gasteiger partial charge in [0.1, 0.15) is 5.75 Å². The summed E-state index contributed by atoms with van der Waals surface area (Å²) in [4.78, 5) is 12.2. The zero-order chi connectivity index (χ0) is 17.6. The lowest BCUT2D eigenvalue weighted by Crippen LogP contribution is -2.08. The van der Waals surface area contributed by atoms with Crippen LogP contribution in [0.1, 0.15) is 21.5 Å². The molecular weight excluding hydrogens is 308 g/mol. The molecule has 0 aliphatic rings. The molecular formula is C23H18O2. The molecule has 0 radical (unpaired) electrons. The Kier molecular flexibility index (Phi) is 4.91. The van der Waals surface area contributed by atoms with Gasteiger partial charge in [-0.05, 0) is 46.5 Å². The third-order valence-corrected chi connectivity index (χ3v) is 3.93. The molecule has 0 spiro atoms. The molecule has 0 heterocycles. The predicted molar refractivity (Wildman–Crippen MR) is 103 cm³/mol. The van der Waals surface area contributed by atoms with Crippen molar-refractivity contribution in [3.8, 4) is 16.9 Å². The average molecular weight is 326 g/mol. The fourth-order valence-electron chi connectivity index (χ4n) is 2.45. The van der Waals surface area contributed by atoms with Crippen molar-refractivity contribution in [1.29, 1.82) is 0 Å². The smallest absolute Gasteiger partial charge is 0.343 e. The second-order valence-electron chi connectivity index (χ2n) is 5.57. The number of rotatable bonds is 5. The van der Waals surface area contributed by atoms with E-state index in [2.05, 4.69) is 13.2 Å². The lowest BCUT2D eigenvalue weighted by atomic mass is 10.0. The minimum absolute atomic E-state index is 0.375. The van der Waals surface area contributed by atoms with E-state index in [1.54, 1.807) is 30.3 Å². The highest BCUT2D eigenvalue weighted by molar-refractivity contribution is 5.91. The van der Waals surface area contributed by atoms with Crippen molar-refractivity contribution >= 4 is 18.1 Å². The van der Waals surface area contributed by atoms with E-state index in [0.717, 1.165) is 22.3 Å². The van der Waals surface area contributed by atoms with Crippen molar-refractivity contribution in [2.45, 2.75) is 0 Å². The molecule has 122 valence electrons. The van der Waals surface area contributed by atoms with Crippen LogP contribution in [0.15, 0.2) is 86.0 Å². The van der Waals surface area contributed by atoms with Gasteiger partial charge in [0.25, 0.3) is 0 Å². The molecule has 0 atom stereocenters. The number of benzene rings is 3. The van der Waals surface area contributed by atoms with Crippen LogP contribution in [0.4, 0.5) is 0 Å². The molecule has 0 bridgehead atoms. The first-order chi connectivity index (χ1) is 12.2. The van der Waals surface area contributed by atoms with Crippen molar-refractivity contribution in [2.24, 2.45) is 0 Å². The molecule has 3 aromatic carbocycles. The minimum atomic E-state index is -0.375. The normalized spacial score (nSPS) is 10.1. The summed E-state index contributed by atoms with van der Waals surface area (Å²) in [5, 5.41) is 0. The van der Waals surface area contributed by atoms with Gasteiger partial charge in [0.05, 0.1) is 5.56 Å². The number of carbonyl (C=O) groups is 1. The number of carbonyl (C=O) groups excluding carboxylic acids is 1. The van der Waals surface area contributed by atoms with Crippen molar-refractivity contribution in [3.63, 3.8) is 0 Å². The summed E-state index contributed by atoms with van der Waals surface area (Å²) in [5.74, 6) is 0.139. The zero-order valence-electron chi connectivity index (χ0n) is 13.8. The molecule has 3 rings (SSSR count). The Balaban J connectivity index is 1.72. The van der Waals surface area contributed by atoms with Crippen LogP contribution < -0.4 is 4.74 Å². The van der Waals surface area contributed by atoms with Gasteiger partial charge in [-0.25, -0.2) is 4.79 Å². The number of esters is 1. The molecule has 0 amide bonds. The summed E-state index contributed by atoms with van der Waals surface area (Å²) in [7, 11) is 0. The molecule has 0 aliphatic carbocycles. The largest absolute Gasteiger partial charge is 0.423 e. The van der Waals surface area contributed by atoms with E-state index >= 15 is 0 Å². The summed E-state index contributed by atoms with van der Waals surface area (Å²) >= 11 is 0. The lowest BCUT2D eigenvalue weighted by Gasteiger charge is -2.06. The van der Waals surface area contributed by atoms with Gasteiger partial charge in [0, 0.05) is 0 Å². The van der Waals surface area contributed by atoms with E-state index in [4.69, 9.17) is 4.74 Å². The quantitative estimate of drug-likeness (QED) is 0.433. The molecule has 25 heavy (non-hydrogen) atoms. The van der Waals surface area contributed by atoms with Crippen LogP contribution in [0, 0.1) is 0 Å².